The van der Waals surface area contributed by atoms with Crippen molar-refractivity contribution in [2.75, 3.05) is 6.54 Å². The molecule has 1 heterocycles. The molecule has 1 N–H and O–H groups in total. The summed E-state index contributed by atoms with van der Waals surface area (Å²) in [5.41, 5.74) is 1.27. The summed E-state index contributed by atoms with van der Waals surface area (Å²) in [5.74, 6) is 0. The maximum absolute atomic E-state index is 4.21. The van der Waals surface area contributed by atoms with E-state index in [1.165, 1.54) is 5.56 Å². The molecule has 2 aromatic rings. The van der Waals surface area contributed by atoms with Crippen LogP contribution in [0.1, 0.15) is 12.5 Å². The molecule has 0 spiro atoms. The molecule has 0 fully saturated rings. The van der Waals surface area contributed by atoms with Gasteiger partial charge in [0.2, 0.25) is 0 Å². The molecule has 94 valence electrons. The molecular formula is C13H14BrN3S. The molecular weight excluding hydrogens is 310 g/mol. The van der Waals surface area contributed by atoms with Crippen molar-refractivity contribution < 1.29 is 0 Å². The Balaban J connectivity index is 2.10. The molecule has 0 atom stereocenters. The predicted molar refractivity (Wildman–Crippen MR) is 77.7 cm³/mol. The third-order valence-corrected chi connectivity index (χ3v) is 4.21. The van der Waals surface area contributed by atoms with Crippen LogP contribution < -0.4 is 5.32 Å². The van der Waals surface area contributed by atoms with Gasteiger partial charge in [0, 0.05) is 28.3 Å². The van der Waals surface area contributed by atoms with Crippen molar-refractivity contribution in [3.63, 3.8) is 0 Å². The number of nitrogens with one attached hydrogen (secondary N) is 1. The molecule has 0 aliphatic heterocycles. The van der Waals surface area contributed by atoms with Gasteiger partial charge in [-0.05, 0) is 58.0 Å². The van der Waals surface area contributed by atoms with Crippen molar-refractivity contribution in [2.24, 2.45) is 0 Å². The van der Waals surface area contributed by atoms with Crippen molar-refractivity contribution in [1.29, 1.82) is 0 Å². The average molecular weight is 324 g/mol. The summed E-state index contributed by atoms with van der Waals surface area (Å²) < 4.78 is 1.08. The number of aromatic nitrogens is 2. The number of hydrogen-bond donors (Lipinski definition) is 1. The Labute approximate surface area is 120 Å². The van der Waals surface area contributed by atoms with Gasteiger partial charge in [0.1, 0.15) is 0 Å². The molecule has 3 nitrogen and oxygen atoms in total. The third kappa shape index (κ3) is 3.80. The number of hydrogen-bond acceptors (Lipinski definition) is 4. The molecule has 0 saturated carbocycles. The van der Waals surface area contributed by atoms with Crippen molar-refractivity contribution in [2.45, 2.75) is 23.5 Å². The predicted octanol–water partition coefficient (Wildman–Crippen LogP) is 3.50. The summed E-state index contributed by atoms with van der Waals surface area (Å²) in [6.07, 6.45) is 3.51. The van der Waals surface area contributed by atoms with E-state index >= 15 is 0 Å². The molecule has 0 bridgehead atoms. The topological polar surface area (TPSA) is 37.8 Å². The summed E-state index contributed by atoms with van der Waals surface area (Å²) in [5, 5.41) is 4.07. The molecule has 0 unspecified atom stereocenters. The minimum atomic E-state index is 0.762. The van der Waals surface area contributed by atoms with Gasteiger partial charge >= 0.3 is 0 Å². The van der Waals surface area contributed by atoms with E-state index in [-0.39, 0.29) is 0 Å². The van der Waals surface area contributed by atoms with E-state index in [1.54, 1.807) is 24.2 Å². The van der Waals surface area contributed by atoms with Crippen LogP contribution in [0.4, 0.5) is 0 Å². The van der Waals surface area contributed by atoms with Gasteiger partial charge < -0.3 is 5.32 Å². The fraction of sp³-hybridized carbons (Fsp3) is 0.231. The molecule has 18 heavy (non-hydrogen) atoms. The molecule has 2 rings (SSSR count). The zero-order valence-electron chi connectivity index (χ0n) is 10.1. The number of benzene rings is 1. The van der Waals surface area contributed by atoms with Crippen molar-refractivity contribution in [1.82, 2.24) is 15.3 Å². The number of halogens is 1. The maximum Gasteiger partial charge on any atom is 0.192 e. The van der Waals surface area contributed by atoms with E-state index in [0.717, 1.165) is 27.6 Å². The lowest BCUT2D eigenvalue weighted by molar-refractivity contribution is 0.726. The summed E-state index contributed by atoms with van der Waals surface area (Å²) in [6, 6.07) is 8.17. The van der Waals surface area contributed by atoms with E-state index in [2.05, 4.69) is 56.3 Å². The lowest BCUT2D eigenvalue weighted by Gasteiger charge is -2.06. The third-order valence-electron chi connectivity index (χ3n) is 2.32. The molecule has 0 radical (unpaired) electrons. The first-order valence-corrected chi connectivity index (χ1v) is 7.34. The lowest BCUT2D eigenvalue weighted by atomic mass is 10.2. The average Bonchev–Trinajstić information content (AvgIpc) is 2.40. The Morgan fingerprint density at radius 2 is 2.06 bits per heavy atom. The highest BCUT2D eigenvalue weighted by Gasteiger charge is 2.05. The van der Waals surface area contributed by atoms with Crippen LogP contribution in [0, 0.1) is 0 Å². The second-order valence-electron chi connectivity index (χ2n) is 3.68. The molecule has 0 aliphatic carbocycles. The zero-order chi connectivity index (χ0) is 12.8. The standard InChI is InChI=1S/C13H14BrN3S/c1-2-15-9-10-4-5-12(11(14)8-10)18-13-16-6-3-7-17-13/h3-8,15H,2,9H2,1H3. The molecule has 0 saturated heterocycles. The van der Waals surface area contributed by atoms with Gasteiger partial charge in [0.05, 0.1) is 0 Å². The minimum absolute atomic E-state index is 0.762. The second-order valence-corrected chi connectivity index (χ2v) is 5.54. The van der Waals surface area contributed by atoms with Gasteiger partial charge in [-0.2, -0.15) is 0 Å². The maximum atomic E-state index is 4.21. The highest BCUT2D eigenvalue weighted by atomic mass is 79.9. The van der Waals surface area contributed by atoms with E-state index in [4.69, 9.17) is 0 Å². The van der Waals surface area contributed by atoms with Crippen molar-refractivity contribution in [3.8, 4) is 0 Å². The van der Waals surface area contributed by atoms with Gasteiger partial charge in [-0.1, -0.05) is 13.0 Å². The van der Waals surface area contributed by atoms with Crippen LogP contribution in [0.5, 0.6) is 0 Å². The summed E-state index contributed by atoms with van der Waals surface area (Å²) in [6.45, 7) is 3.97. The van der Waals surface area contributed by atoms with Crippen LogP contribution in [-0.4, -0.2) is 16.5 Å². The highest BCUT2D eigenvalue weighted by Crippen LogP contribution is 2.31. The first kappa shape index (κ1) is 13.5. The van der Waals surface area contributed by atoms with Crippen molar-refractivity contribution >= 4 is 27.7 Å². The summed E-state index contributed by atoms with van der Waals surface area (Å²) in [4.78, 5) is 9.54. The fourth-order valence-electron chi connectivity index (χ4n) is 1.44. The molecule has 1 aromatic carbocycles. The van der Waals surface area contributed by atoms with E-state index in [0.29, 0.717) is 0 Å². The Morgan fingerprint density at radius 3 is 2.72 bits per heavy atom. The largest absolute Gasteiger partial charge is 0.313 e. The molecule has 5 heteroatoms. The van der Waals surface area contributed by atoms with Crippen LogP contribution in [0.15, 0.2) is 51.2 Å². The van der Waals surface area contributed by atoms with Gasteiger partial charge in [-0.3, -0.25) is 0 Å². The highest BCUT2D eigenvalue weighted by molar-refractivity contribution is 9.10. The Bertz CT molecular complexity index is 505. The molecule has 0 amide bonds. The Morgan fingerprint density at radius 1 is 1.28 bits per heavy atom. The Kier molecular flexibility index (Phi) is 5.16. The minimum Gasteiger partial charge on any atom is -0.313 e. The van der Waals surface area contributed by atoms with Crippen LogP contribution in [-0.2, 0) is 6.54 Å². The summed E-state index contributed by atoms with van der Waals surface area (Å²) in [7, 11) is 0. The zero-order valence-corrected chi connectivity index (χ0v) is 12.5. The second kappa shape index (κ2) is 6.87. The van der Waals surface area contributed by atoms with Crippen LogP contribution >= 0.6 is 27.7 Å². The van der Waals surface area contributed by atoms with Gasteiger partial charge in [-0.15, -0.1) is 0 Å². The van der Waals surface area contributed by atoms with E-state index in [9.17, 15) is 0 Å². The first-order valence-electron chi connectivity index (χ1n) is 5.73. The SMILES string of the molecule is CCNCc1ccc(Sc2ncccn2)c(Br)c1. The molecule has 0 aliphatic rings. The number of rotatable bonds is 5. The monoisotopic (exact) mass is 323 g/mol. The molecule has 1 aromatic heterocycles. The summed E-state index contributed by atoms with van der Waals surface area (Å²) >= 11 is 5.15. The fourth-order valence-corrected chi connectivity index (χ4v) is 2.83. The Hall–Kier alpha value is -0.910. The van der Waals surface area contributed by atoms with E-state index < -0.39 is 0 Å². The van der Waals surface area contributed by atoms with Gasteiger partial charge in [0.25, 0.3) is 0 Å². The number of nitrogens with zero attached hydrogens (tertiary/aromatic N) is 2. The quantitative estimate of drug-likeness (QED) is 0.854. The van der Waals surface area contributed by atoms with E-state index in [1.807, 2.05) is 6.07 Å². The van der Waals surface area contributed by atoms with Crippen LogP contribution in [0.2, 0.25) is 0 Å². The van der Waals surface area contributed by atoms with Gasteiger partial charge in [-0.25, -0.2) is 9.97 Å². The lowest BCUT2D eigenvalue weighted by Crippen LogP contribution is -2.11. The van der Waals surface area contributed by atoms with Crippen LogP contribution in [0.25, 0.3) is 0 Å². The first-order chi connectivity index (χ1) is 8.79. The smallest absolute Gasteiger partial charge is 0.192 e. The van der Waals surface area contributed by atoms with Gasteiger partial charge in [0.15, 0.2) is 5.16 Å². The van der Waals surface area contributed by atoms with Crippen LogP contribution in [0.3, 0.4) is 0 Å². The normalized spacial score (nSPS) is 10.6. The van der Waals surface area contributed by atoms with Crippen molar-refractivity contribution in [3.05, 3.63) is 46.7 Å².